The van der Waals surface area contributed by atoms with Crippen molar-refractivity contribution < 1.29 is 34.2 Å². The number of rotatable bonds is 14. The van der Waals surface area contributed by atoms with Crippen LogP contribution in [-0.4, -0.2) is 69.5 Å². The molecule has 0 bridgehead atoms. The summed E-state index contributed by atoms with van der Waals surface area (Å²) in [6, 6.07) is 4.05. The topological polar surface area (TPSA) is 204 Å². The van der Waals surface area contributed by atoms with Crippen molar-refractivity contribution >= 4 is 40.6 Å². The summed E-state index contributed by atoms with van der Waals surface area (Å²) in [7, 11) is 0. The summed E-state index contributed by atoms with van der Waals surface area (Å²) in [5.41, 5.74) is 7.18. The molecule has 0 aliphatic carbocycles. The van der Waals surface area contributed by atoms with Crippen LogP contribution in [0.1, 0.15) is 38.7 Å². The molecule has 36 heavy (non-hydrogen) atoms. The largest absolute Gasteiger partial charge is 0.481 e. The molecule has 12 nitrogen and oxygen atoms in total. The second-order valence-corrected chi connectivity index (χ2v) is 8.97. The number of aromatic amines is 1. The minimum Gasteiger partial charge on any atom is -0.481 e. The summed E-state index contributed by atoms with van der Waals surface area (Å²) >= 11 is 0. The quantitative estimate of drug-likeness (QED) is 0.188. The second kappa shape index (κ2) is 13.2. The minimum atomic E-state index is -1.23. The predicted octanol–water partition coefficient (Wildman–Crippen LogP) is 0.119. The number of carbonyl (C=O) groups excluding carboxylic acids is 3. The zero-order valence-electron chi connectivity index (χ0n) is 20.2. The van der Waals surface area contributed by atoms with Gasteiger partial charge in [0, 0.05) is 29.9 Å². The third kappa shape index (κ3) is 8.69. The van der Waals surface area contributed by atoms with E-state index in [2.05, 4.69) is 20.9 Å². The molecule has 196 valence electrons. The third-order valence-electron chi connectivity index (χ3n) is 5.50. The Hall–Kier alpha value is -3.93. The fourth-order valence-corrected chi connectivity index (χ4v) is 3.65. The predicted molar refractivity (Wildman–Crippen MR) is 131 cm³/mol. The van der Waals surface area contributed by atoms with Gasteiger partial charge in [0.15, 0.2) is 0 Å². The summed E-state index contributed by atoms with van der Waals surface area (Å²) in [5, 5.41) is 26.6. The highest BCUT2D eigenvalue weighted by molar-refractivity contribution is 5.93. The molecule has 1 aromatic carbocycles. The number of nitrogens with one attached hydrogen (secondary N) is 4. The van der Waals surface area contributed by atoms with Crippen molar-refractivity contribution in [2.24, 2.45) is 11.7 Å². The molecule has 1 aromatic heterocycles. The number of benzene rings is 1. The summed E-state index contributed by atoms with van der Waals surface area (Å²) in [6.07, 6.45) is 1.60. The smallest absolute Gasteiger partial charge is 0.326 e. The lowest BCUT2D eigenvalue weighted by Crippen LogP contribution is -2.54. The SMILES string of the molecule is CC(C)CC(NC(=O)CNC(=O)C(N)CCC(=O)O)C(=O)NC(Cc1c[nH]c2ccccc12)C(=O)O. The first-order chi connectivity index (χ1) is 17.0. The molecule has 2 rings (SSSR count). The molecule has 0 saturated heterocycles. The maximum atomic E-state index is 13.0. The minimum absolute atomic E-state index is 0.00280. The molecule has 0 fully saturated rings. The van der Waals surface area contributed by atoms with Crippen LogP contribution in [0.2, 0.25) is 0 Å². The average Bonchev–Trinajstić information content (AvgIpc) is 3.22. The molecule has 0 saturated carbocycles. The third-order valence-corrected chi connectivity index (χ3v) is 5.50. The fraction of sp³-hybridized carbons (Fsp3) is 0.458. The van der Waals surface area contributed by atoms with Gasteiger partial charge in [-0.25, -0.2) is 4.79 Å². The van der Waals surface area contributed by atoms with Gasteiger partial charge in [0.25, 0.3) is 0 Å². The van der Waals surface area contributed by atoms with E-state index in [0.717, 1.165) is 16.5 Å². The highest BCUT2D eigenvalue weighted by atomic mass is 16.4. The first-order valence-electron chi connectivity index (χ1n) is 11.6. The number of nitrogens with two attached hydrogens (primary N) is 1. The number of hydrogen-bond donors (Lipinski definition) is 7. The van der Waals surface area contributed by atoms with E-state index < -0.39 is 54.3 Å². The normalized spacial score (nSPS) is 13.6. The van der Waals surface area contributed by atoms with Gasteiger partial charge < -0.3 is 36.9 Å². The molecule has 1 heterocycles. The monoisotopic (exact) mass is 503 g/mol. The average molecular weight is 504 g/mol. The number of amides is 3. The Morgan fingerprint density at radius 1 is 1.00 bits per heavy atom. The van der Waals surface area contributed by atoms with E-state index in [0.29, 0.717) is 0 Å². The van der Waals surface area contributed by atoms with Gasteiger partial charge in [0.05, 0.1) is 12.6 Å². The first-order valence-corrected chi connectivity index (χ1v) is 11.6. The Morgan fingerprint density at radius 2 is 1.69 bits per heavy atom. The highest BCUT2D eigenvalue weighted by Gasteiger charge is 2.28. The summed E-state index contributed by atoms with van der Waals surface area (Å²) in [6.45, 7) is 3.21. The number of aromatic nitrogens is 1. The van der Waals surface area contributed by atoms with Crippen LogP contribution in [0.3, 0.4) is 0 Å². The molecule has 3 amide bonds. The van der Waals surface area contributed by atoms with Crippen molar-refractivity contribution in [3.05, 3.63) is 36.0 Å². The maximum Gasteiger partial charge on any atom is 0.326 e. The van der Waals surface area contributed by atoms with E-state index in [9.17, 15) is 29.1 Å². The van der Waals surface area contributed by atoms with Crippen LogP contribution in [0.25, 0.3) is 10.9 Å². The Balaban J connectivity index is 2.00. The zero-order valence-corrected chi connectivity index (χ0v) is 20.2. The van der Waals surface area contributed by atoms with Crippen LogP contribution < -0.4 is 21.7 Å². The number of aliphatic carboxylic acids is 2. The van der Waals surface area contributed by atoms with Crippen LogP contribution in [0.4, 0.5) is 0 Å². The van der Waals surface area contributed by atoms with Crippen LogP contribution >= 0.6 is 0 Å². The second-order valence-electron chi connectivity index (χ2n) is 8.97. The summed E-state index contributed by atoms with van der Waals surface area (Å²) in [4.78, 5) is 62.9. The number of carbonyl (C=O) groups is 5. The van der Waals surface area contributed by atoms with E-state index in [1.165, 1.54) is 0 Å². The Bertz CT molecular complexity index is 1100. The van der Waals surface area contributed by atoms with Gasteiger partial charge in [0.1, 0.15) is 12.1 Å². The lowest BCUT2D eigenvalue weighted by Gasteiger charge is -2.23. The lowest BCUT2D eigenvalue weighted by molar-refractivity contribution is -0.142. The number of carboxylic acids is 2. The van der Waals surface area contributed by atoms with Crippen molar-refractivity contribution in [2.75, 3.05) is 6.54 Å². The van der Waals surface area contributed by atoms with Gasteiger partial charge in [0.2, 0.25) is 17.7 Å². The molecule has 2 aromatic rings. The van der Waals surface area contributed by atoms with Crippen LogP contribution in [0.15, 0.2) is 30.5 Å². The van der Waals surface area contributed by atoms with E-state index in [1.54, 1.807) is 6.20 Å². The lowest BCUT2D eigenvalue weighted by atomic mass is 10.0. The number of H-pyrrole nitrogens is 1. The molecule has 0 aliphatic heterocycles. The van der Waals surface area contributed by atoms with Gasteiger partial charge in [-0.15, -0.1) is 0 Å². The molecule has 3 atom stereocenters. The highest BCUT2D eigenvalue weighted by Crippen LogP contribution is 2.19. The van der Waals surface area contributed by atoms with Crippen LogP contribution in [-0.2, 0) is 30.4 Å². The van der Waals surface area contributed by atoms with Crippen LogP contribution in [0.5, 0.6) is 0 Å². The van der Waals surface area contributed by atoms with Gasteiger partial charge in [-0.05, 0) is 30.4 Å². The van der Waals surface area contributed by atoms with Crippen LogP contribution in [0, 0.1) is 5.92 Å². The van der Waals surface area contributed by atoms with Crippen molar-refractivity contribution in [3.8, 4) is 0 Å². The van der Waals surface area contributed by atoms with Gasteiger partial charge in [-0.3, -0.25) is 19.2 Å². The Kier molecular flexibility index (Phi) is 10.4. The van der Waals surface area contributed by atoms with Crippen molar-refractivity contribution in [3.63, 3.8) is 0 Å². The molecular formula is C24H33N5O7. The molecule has 3 unspecified atom stereocenters. The van der Waals surface area contributed by atoms with E-state index in [-0.39, 0.29) is 31.6 Å². The summed E-state index contributed by atoms with van der Waals surface area (Å²) < 4.78 is 0. The van der Waals surface area contributed by atoms with Gasteiger partial charge in [-0.2, -0.15) is 0 Å². The van der Waals surface area contributed by atoms with E-state index >= 15 is 0 Å². The molecule has 0 aliphatic rings. The summed E-state index contributed by atoms with van der Waals surface area (Å²) in [5.74, 6) is -4.33. The van der Waals surface area contributed by atoms with Gasteiger partial charge >= 0.3 is 11.9 Å². The number of fused-ring (bicyclic) bond motifs is 1. The van der Waals surface area contributed by atoms with Crippen molar-refractivity contribution in [1.82, 2.24) is 20.9 Å². The zero-order chi connectivity index (χ0) is 26.8. The standard InChI is InChI=1S/C24H33N5O7/c1-13(2)9-18(28-20(30)12-27-22(33)16(25)7-8-21(31)32)23(34)29-19(24(35)36)10-14-11-26-17-6-4-3-5-15(14)17/h3-6,11,13,16,18-19,26H,7-10,12,25H2,1-2H3,(H,27,33)(H,28,30)(H,29,34)(H,31,32)(H,35,36). The number of hydrogen-bond acceptors (Lipinski definition) is 6. The first kappa shape index (κ1) is 28.3. The van der Waals surface area contributed by atoms with E-state index in [1.807, 2.05) is 38.1 Å². The molecule has 8 N–H and O–H groups in total. The van der Waals surface area contributed by atoms with Crippen molar-refractivity contribution in [1.29, 1.82) is 0 Å². The van der Waals surface area contributed by atoms with Gasteiger partial charge in [-0.1, -0.05) is 32.0 Å². The fourth-order valence-electron chi connectivity index (χ4n) is 3.65. The van der Waals surface area contributed by atoms with Crippen molar-refractivity contribution in [2.45, 2.75) is 57.7 Å². The number of para-hydroxylation sites is 1. The van der Waals surface area contributed by atoms with E-state index in [4.69, 9.17) is 10.8 Å². The Morgan fingerprint density at radius 3 is 2.33 bits per heavy atom. The molecule has 0 radical (unpaired) electrons. The molecule has 12 heteroatoms. The molecular weight excluding hydrogens is 470 g/mol. The maximum absolute atomic E-state index is 13.0. The molecule has 0 spiro atoms. The number of carboxylic acid groups (broad SMARTS) is 2. The Labute approximate surface area is 208 Å².